The lowest BCUT2D eigenvalue weighted by molar-refractivity contribution is -0.137. The Morgan fingerprint density at radius 3 is 2.04 bits per heavy atom. The highest BCUT2D eigenvalue weighted by molar-refractivity contribution is 5.98. The first-order valence-electron chi connectivity index (χ1n) is 17.3. The number of nitrogens with zero attached hydrogens (tertiary/aromatic N) is 2. The third-order valence-electron chi connectivity index (χ3n) is 7.13. The highest BCUT2D eigenvalue weighted by atomic mass is 19.4. The number of nitrogens with two attached hydrogens (primary N) is 1. The Kier molecular flexibility index (Phi) is 24.2. The van der Waals surface area contributed by atoms with Crippen molar-refractivity contribution in [3.8, 4) is 11.8 Å². The maximum absolute atomic E-state index is 12.7. The number of amides is 1. The second-order valence-electron chi connectivity index (χ2n) is 11.2. The minimum atomic E-state index is -4.59. The molecular weight excluding hydrogens is 639 g/mol. The second-order valence-corrected chi connectivity index (χ2v) is 11.2. The van der Waals surface area contributed by atoms with Crippen molar-refractivity contribution in [1.82, 2.24) is 5.32 Å². The van der Waals surface area contributed by atoms with E-state index < -0.39 is 17.3 Å². The van der Waals surface area contributed by atoms with E-state index in [4.69, 9.17) is 21.1 Å². The number of hydrogen-bond acceptors (Lipinski definition) is 6. The lowest BCUT2D eigenvalue weighted by atomic mass is 10.0. The number of methoxy groups -OCH3 is 1. The molecule has 50 heavy (non-hydrogen) atoms. The SMILES string of the molecule is C=C(NC(=C)c1cc(N)ccc1OC)/C(C)=C(\C)C(=N)CCC.CC.CCC.CCCC.N#Cc1ccc(N2CCCC2=O)cc1C(F)(F)F. The number of rotatable bonds is 10. The average molecular weight is 700 g/mol. The van der Waals surface area contributed by atoms with E-state index >= 15 is 0 Å². The predicted octanol–water partition coefficient (Wildman–Crippen LogP) is 11.5. The van der Waals surface area contributed by atoms with Crippen molar-refractivity contribution >= 4 is 28.7 Å². The molecule has 2 aromatic carbocycles. The average Bonchev–Trinajstić information content (AvgIpc) is 3.54. The summed E-state index contributed by atoms with van der Waals surface area (Å²) in [4.78, 5) is 12.8. The van der Waals surface area contributed by atoms with E-state index in [0.717, 1.165) is 47.4 Å². The van der Waals surface area contributed by atoms with Crippen LogP contribution in [0.25, 0.3) is 5.70 Å². The predicted molar refractivity (Wildman–Crippen MR) is 205 cm³/mol. The number of ether oxygens (including phenoxy) is 1. The van der Waals surface area contributed by atoms with E-state index in [-0.39, 0.29) is 11.6 Å². The minimum absolute atomic E-state index is 0.187. The Morgan fingerprint density at radius 1 is 1.02 bits per heavy atom. The van der Waals surface area contributed by atoms with Crippen molar-refractivity contribution in [3.05, 3.63) is 83.1 Å². The van der Waals surface area contributed by atoms with Gasteiger partial charge in [-0.15, -0.1) is 0 Å². The molecule has 1 saturated heterocycles. The number of carbonyl (C=O) groups is 1. The van der Waals surface area contributed by atoms with Crippen LogP contribution < -0.4 is 20.7 Å². The second kappa shape index (κ2) is 25.5. The van der Waals surface area contributed by atoms with E-state index in [1.807, 2.05) is 39.8 Å². The van der Waals surface area contributed by atoms with E-state index in [2.05, 4.69) is 53.1 Å². The Balaban J connectivity index is 0. The number of nitrogens with one attached hydrogen (secondary N) is 2. The number of benzene rings is 2. The Labute approximate surface area is 299 Å². The first-order chi connectivity index (χ1) is 23.6. The largest absolute Gasteiger partial charge is 0.496 e. The minimum Gasteiger partial charge on any atom is -0.496 e. The molecule has 0 aliphatic carbocycles. The summed E-state index contributed by atoms with van der Waals surface area (Å²) < 4.78 is 43.6. The summed E-state index contributed by atoms with van der Waals surface area (Å²) in [7, 11) is 1.61. The molecule has 7 nitrogen and oxygen atoms in total. The molecule has 0 bridgehead atoms. The number of allylic oxidation sites excluding steroid dienone is 2. The van der Waals surface area contributed by atoms with Crippen molar-refractivity contribution in [1.29, 1.82) is 10.7 Å². The van der Waals surface area contributed by atoms with Crippen LogP contribution in [0.2, 0.25) is 0 Å². The van der Waals surface area contributed by atoms with Crippen molar-refractivity contribution in [3.63, 3.8) is 0 Å². The number of anilines is 2. The molecule has 1 heterocycles. The Hall–Kier alpha value is -4.52. The van der Waals surface area contributed by atoms with Crippen LogP contribution in [-0.2, 0) is 11.0 Å². The van der Waals surface area contributed by atoms with Crippen LogP contribution in [0.4, 0.5) is 24.5 Å². The smallest absolute Gasteiger partial charge is 0.417 e. The van der Waals surface area contributed by atoms with Gasteiger partial charge in [-0.1, -0.05) is 87.3 Å². The van der Waals surface area contributed by atoms with Gasteiger partial charge in [0.2, 0.25) is 5.91 Å². The van der Waals surface area contributed by atoms with Crippen molar-refractivity contribution in [2.24, 2.45) is 0 Å². The van der Waals surface area contributed by atoms with Crippen LogP contribution in [0.5, 0.6) is 5.75 Å². The summed E-state index contributed by atoms with van der Waals surface area (Å²) in [5.41, 5.74) is 9.96. The van der Waals surface area contributed by atoms with Gasteiger partial charge in [-0.3, -0.25) is 4.79 Å². The monoisotopic (exact) mass is 699 g/mol. The number of hydrogen-bond donors (Lipinski definition) is 3. The number of nitrogen functional groups attached to an aromatic ring is 1. The molecule has 1 fully saturated rings. The van der Waals surface area contributed by atoms with Crippen LogP contribution in [0.1, 0.15) is 124 Å². The third-order valence-corrected chi connectivity index (χ3v) is 7.13. The maximum atomic E-state index is 12.7. The first-order valence-corrected chi connectivity index (χ1v) is 17.3. The molecule has 10 heteroatoms. The summed E-state index contributed by atoms with van der Waals surface area (Å²) >= 11 is 0. The summed E-state index contributed by atoms with van der Waals surface area (Å²) in [6, 6.07) is 10.2. The van der Waals surface area contributed by atoms with Gasteiger partial charge in [0, 0.05) is 47.0 Å². The topological polar surface area (TPSA) is 115 Å². The fraction of sp³-hybridized carbons (Fsp3) is 0.475. The quantitative estimate of drug-likeness (QED) is 0.130. The number of unbranched alkanes of at least 4 members (excludes halogenated alkanes) is 1. The molecule has 1 amide bonds. The van der Waals surface area contributed by atoms with Crippen LogP contribution in [0.3, 0.4) is 0 Å². The van der Waals surface area contributed by atoms with Crippen molar-refractivity contribution in [2.75, 3.05) is 24.3 Å². The van der Waals surface area contributed by atoms with Gasteiger partial charge in [-0.2, -0.15) is 18.4 Å². The van der Waals surface area contributed by atoms with Crippen LogP contribution in [0, 0.1) is 16.7 Å². The van der Waals surface area contributed by atoms with E-state index in [1.165, 1.54) is 36.3 Å². The van der Waals surface area contributed by atoms with E-state index in [9.17, 15) is 18.0 Å². The third kappa shape index (κ3) is 16.3. The molecule has 2 aromatic rings. The van der Waals surface area contributed by atoms with Gasteiger partial charge in [-0.05, 0) is 74.2 Å². The molecule has 1 aliphatic rings. The number of alkyl halides is 3. The van der Waals surface area contributed by atoms with Crippen molar-refractivity contribution < 1.29 is 22.7 Å². The maximum Gasteiger partial charge on any atom is 0.417 e. The summed E-state index contributed by atoms with van der Waals surface area (Å²) in [5, 5.41) is 19.9. The van der Waals surface area contributed by atoms with Gasteiger partial charge in [0.1, 0.15) is 5.75 Å². The molecule has 0 spiro atoms. The fourth-order valence-electron chi connectivity index (χ4n) is 4.15. The highest BCUT2D eigenvalue weighted by Crippen LogP contribution is 2.35. The molecule has 0 aromatic heterocycles. The Morgan fingerprint density at radius 2 is 1.60 bits per heavy atom. The van der Waals surface area contributed by atoms with Gasteiger partial charge in [0.25, 0.3) is 0 Å². The Bertz CT molecular complexity index is 1450. The first kappa shape index (κ1) is 47.6. The number of carbonyl (C=O) groups excluding carboxylic acids is 1. The summed E-state index contributed by atoms with van der Waals surface area (Å²) in [6.07, 6.45) is 2.00. The molecule has 0 radical (unpaired) electrons. The fourth-order valence-corrected chi connectivity index (χ4v) is 4.15. The normalized spacial score (nSPS) is 12.1. The van der Waals surface area contributed by atoms with Crippen LogP contribution in [0.15, 0.2) is 66.4 Å². The zero-order chi connectivity index (χ0) is 39.0. The molecule has 0 atom stereocenters. The number of nitriles is 1. The van der Waals surface area contributed by atoms with Gasteiger partial charge in [0.05, 0.1) is 24.3 Å². The number of halogens is 3. The lowest BCUT2D eigenvalue weighted by Gasteiger charge is -2.18. The molecule has 0 unspecified atom stereocenters. The lowest BCUT2D eigenvalue weighted by Crippen LogP contribution is -2.24. The molecule has 1 aliphatic heterocycles. The van der Waals surface area contributed by atoms with Gasteiger partial charge in [0.15, 0.2) is 0 Å². The van der Waals surface area contributed by atoms with E-state index in [0.29, 0.717) is 42.2 Å². The van der Waals surface area contributed by atoms with Crippen LogP contribution in [-0.4, -0.2) is 25.3 Å². The molecular formula is C40H60F3N5O2. The molecule has 0 saturated carbocycles. The summed E-state index contributed by atoms with van der Waals surface area (Å²) in [6.45, 7) is 27.1. The zero-order valence-corrected chi connectivity index (χ0v) is 32.0. The summed E-state index contributed by atoms with van der Waals surface area (Å²) in [5.74, 6) is 0.509. The van der Waals surface area contributed by atoms with Gasteiger partial charge >= 0.3 is 6.18 Å². The zero-order valence-electron chi connectivity index (χ0n) is 32.0. The van der Waals surface area contributed by atoms with Crippen LogP contribution >= 0.6 is 0 Å². The molecule has 4 N–H and O–H groups in total. The standard InChI is InChI=1S/C19H27N3O.C12H9F3N2O.C4H10.C3H8.C2H6/c1-7-8-18(21)13(3)12(2)14(4)22-15(5)17-11-16(20)9-10-19(17)23-6;13-12(14,15)10-6-9(4-3-8(10)7-16)17-5-1-2-11(17)18;1-3-4-2;1-3-2;1-2/h9-11,21-22H,4-5,7-8,20H2,1-3,6H3;3-4,6H,1-2,5H2;3-4H2,1-2H3;3H2,1-2H3;1-2H3/b13-12+,21-18?;;;;. The highest BCUT2D eigenvalue weighted by Gasteiger charge is 2.35. The van der Waals surface area contributed by atoms with Gasteiger partial charge < -0.3 is 26.1 Å². The van der Waals surface area contributed by atoms with Gasteiger partial charge in [-0.25, -0.2) is 0 Å². The molecule has 3 rings (SSSR count). The molecule has 278 valence electrons. The van der Waals surface area contributed by atoms with Crippen molar-refractivity contribution in [2.45, 2.75) is 113 Å². The van der Waals surface area contributed by atoms with E-state index in [1.54, 1.807) is 13.2 Å².